The molecule has 7 heteroatoms. The Kier molecular flexibility index (Phi) is 3.17. The monoisotopic (exact) mass is 240 g/mol. The summed E-state index contributed by atoms with van der Waals surface area (Å²) >= 11 is 0. The molecule has 0 aromatic carbocycles. The lowest BCUT2D eigenvalue weighted by Crippen LogP contribution is -2.07. The second kappa shape index (κ2) is 4.77. The first kappa shape index (κ1) is 11.3. The largest absolute Gasteiger partial charge is 0.362 e. The van der Waals surface area contributed by atoms with Gasteiger partial charge in [-0.1, -0.05) is 0 Å². The Hall–Kier alpha value is -2.18. The molecule has 17 heavy (non-hydrogen) atoms. The number of pyridine rings is 1. The molecule has 4 nitrogen and oxygen atoms in total. The fraction of sp³-hybridized carbons (Fsp3) is 0.100. The van der Waals surface area contributed by atoms with E-state index in [4.69, 9.17) is 0 Å². The first-order valence-corrected chi connectivity index (χ1v) is 4.69. The second-order valence-electron chi connectivity index (χ2n) is 3.16. The molecule has 88 valence electrons. The first-order chi connectivity index (χ1) is 8.16. The molecule has 2 aromatic heterocycles. The van der Waals surface area contributed by atoms with Crippen LogP contribution < -0.4 is 5.32 Å². The van der Waals surface area contributed by atoms with E-state index in [1.807, 2.05) is 0 Å². The first-order valence-electron chi connectivity index (χ1n) is 4.69. The summed E-state index contributed by atoms with van der Waals surface area (Å²) < 4.78 is 38.5. The Morgan fingerprint density at radius 2 is 2.00 bits per heavy atom. The van der Waals surface area contributed by atoms with Gasteiger partial charge in [0, 0.05) is 12.3 Å². The fourth-order valence-corrected chi connectivity index (χ4v) is 1.17. The van der Waals surface area contributed by atoms with E-state index in [0.717, 1.165) is 0 Å². The SMILES string of the molecule is Fc1cc(F)c(NCc2cccnn2)nc1F. The van der Waals surface area contributed by atoms with Crippen LogP contribution in [0.4, 0.5) is 19.0 Å². The van der Waals surface area contributed by atoms with Crippen LogP contribution in [0.3, 0.4) is 0 Å². The number of anilines is 1. The van der Waals surface area contributed by atoms with E-state index < -0.39 is 17.6 Å². The van der Waals surface area contributed by atoms with E-state index >= 15 is 0 Å². The Labute approximate surface area is 94.5 Å². The minimum atomic E-state index is -1.35. The molecule has 2 aromatic rings. The summed E-state index contributed by atoms with van der Waals surface area (Å²) in [5.74, 6) is -4.01. The van der Waals surface area contributed by atoms with Crippen molar-refractivity contribution in [2.24, 2.45) is 0 Å². The Morgan fingerprint density at radius 3 is 2.71 bits per heavy atom. The number of hydrogen-bond donors (Lipinski definition) is 1. The molecule has 0 radical (unpaired) electrons. The lowest BCUT2D eigenvalue weighted by atomic mass is 10.3. The molecule has 0 aliphatic carbocycles. The van der Waals surface area contributed by atoms with Crippen LogP contribution in [0.5, 0.6) is 0 Å². The number of aromatic nitrogens is 3. The van der Waals surface area contributed by atoms with Crippen molar-refractivity contribution in [2.75, 3.05) is 5.32 Å². The zero-order valence-electron chi connectivity index (χ0n) is 8.49. The molecular formula is C10H7F3N4. The number of rotatable bonds is 3. The van der Waals surface area contributed by atoms with Crippen LogP contribution in [0.1, 0.15) is 5.69 Å². The molecule has 1 N–H and O–H groups in total. The third-order valence-electron chi connectivity index (χ3n) is 1.95. The second-order valence-corrected chi connectivity index (χ2v) is 3.16. The highest BCUT2D eigenvalue weighted by molar-refractivity contribution is 5.36. The number of nitrogens with one attached hydrogen (secondary N) is 1. The van der Waals surface area contributed by atoms with Crippen molar-refractivity contribution in [3.63, 3.8) is 0 Å². The molecule has 0 unspecified atom stereocenters. The predicted octanol–water partition coefficient (Wildman–Crippen LogP) is 1.90. The van der Waals surface area contributed by atoms with Gasteiger partial charge in [-0.2, -0.15) is 19.6 Å². The van der Waals surface area contributed by atoms with Gasteiger partial charge in [0.05, 0.1) is 12.2 Å². The summed E-state index contributed by atoms with van der Waals surface area (Å²) in [5.41, 5.74) is 0.526. The Balaban J connectivity index is 2.12. The van der Waals surface area contributed by atoms with Crippen LogP contribution in [-0.4, -0.2) is 15.2 Å². The molecule has 2 heterocycles. The molecule has 0 aliphatic heterocycles. The van der Waals surface area contributed by atoms with Crippen molar-refractivity contribution in [1.29, 1.82) is 0 Å². The van der Waals surface area contributed by atoms with Gasteiger partial charge in [0.1, 0.15) is 0 Å². The van der Waals surface area contributed by atoms with Gasteiger partial charge in [0.2, 0.25) is 0 Å². The van der Waals surface area contributed by atoms with Gasteiger partial charge in [-0.15, -0.1) is 0 Å². The van der Waals surface area contributed by atoms with E-state index in [1.165, 1.54) is 6.20 Å². The lowest BCUT2D eigenvalue weighted by molar-refractivity contribution is 0.466. The number of nitrogens with zero attached hydrogens (tertiary/aromatic N) is 3. The summed E-state index contributed by atoms with van der Waals surface area (Å²) in [6.07, 6.45) is 1.49. The highest BCUT2D eigenvalue weighted by atomic mass is 19.2. The summed E-state index contributed by atoms with van der Waals surface area (Å²) in [4.78, 5) is 3.11. The van der Waals surface area contributed by atoms with Gasteiger partial charge in [-0.05, 0) is 12.1 Å². The average Bonchev–Trinajstić information content (AvgIpc) is 2.33. The van der Waals surface area contributed by atoms with Crippen LogP contribution in [0.25, 0.3) is 0 Å². The highest BCUT2D eigenvalue weighted by Crippen LogP contribution is 2.14. The molecule has 0 spiro atoms. The molecule has 0 fully saturated rings. The molecule has 0 amide bonds. The number of hydrogen-bond acceptors (Lipinski definition) is 4. The lowest BCUT2D eigenvalue weighted by Gasteiger charge is -2.05. The normalized spacial score (nSPS) is 10.3. The van der Waals surface area contributed by atoms with Crippen molar-refractivity contribution < 1.29 is 13.2 Å². The Morgan fingerprint density at radius 1 is 1.18 bits per heavy atom. The van der Waals surface area contributed by atoms with E-state index in [-0.39, 0.29) is 12.4 Å². The van der Waals surface area contributed by atoms with Gasteiger partial charge >= 0.3 is 0 Å². The summed E-state index contributed by atoms with van der Waals surface area (Å²) in [6, 6.07) is 3.73. The highest BCUT2D eigenvalue weighted by Gasteiger charge is 2.11. The quantitative estimate of drug-likeness (QED) is 0.832. The molecule has 0 bridgehead atoms. The summed E-state index contributed by atoms with van der Waals surface area (Å²) in [7, 11) is 0. The van der Waals surface area contributed by atoms with Gasteiger partial charge < -0.3 is 5.32 Å². The zero-order chi connectivity index (χ0) is 12.3. The van der Waals surface area contributed by atoms with Crippen molar-refractivity contribution in [1.82, 2.24) is 15.2 Å². The van der Waals surface area contributed by atoms with E-state index in [2.05, 4.69) is 20.5 Å². The van der Waals surface area contributed by atoms with Crippen LogP contribution in [-0.2, 0) is 6.54 Å². The van der Waals surface area contributed by atoms with Gasteiger partial charge in [0.15, 0.2) is 17.5 Å². The average molecular weight is 240 g/mol. The molecule has 0 saturated heterocycles. The maximum atomic E-state index is 13.2. The molecule has 2 rings (SSSR count). The third-order valence-corrected chi connectivity index (χ3v) is 1.95. The van der Waals surface area contributed by atoms with E-state index in [0.29, 0.717) is 11.8 Å². The van der Waals surface area contributed by atoms with Crippen LogP contribution in [0.15, 0.2) is 24.4 Å². The minimum absolute atomic E-state index is 0.114. The van der Waals surface area contributed by atoms with Gasteiger partial charge in [-0.25, -0.2) is 8.78 Å². The zero-order valence-corrected chi connectivity index (χ0v) is 8.49. The van der Waals surface area contributed by atoms with Crippen molar-refractivity contribution in [3.8, 4) is 0 Å². The smallest absolute Gasteiger partial charge is 0.251 e. The van der Waals surface area contributed by atoms with Crippen molar-refractivity contribution >= 4 is 5.82 Å². The summed E-state index contributed by atoms with van der Waals surface area (Å²) in [6.45, 7) is 0.114. The minimum Gasteiger partial charge on any atom is -0.362 e. The molecule has 0 atom stereocenters. The van der Waals surface area contributed by atoms with E-state index in [1.54, 1.807) is 12.1 Å². The maximum Gasteiger partial charge on any atom is 0.251 e. The fourth-order valence-electron chi connectivity index (χ4n) is 1.17. The molecule has 0 aliphatic rings. The maximum absolute atomic E-state index is 13.2. The molecular weight excluding hydrogens is 233 g/mol. The van der Waals surface area contributed by atoms with Crippen LogP contribution in [0.2, 0.25) is 0 Å². The number of halogens is 3. The van der Waals surface area contributed by atoms with Gasteiger partial charge in [-0.3, -0.25) is 0 Å². The summed E-state index contributed by atoms with van der Waals surface area (Å²) in [5, 5.41) is 9.85. The standard InChI is InChI=1S/C10H7F3N4/c11-7-4-8(12)10(16-9(7)13)14-5-6-2-1-3-15-17-6/h1-4H,5H2,(H,14,16). The predicted molar refractivity (Wildman–Crippen MR) is 53.5 cm³/mol. The van der Waals surface area contributed by atoms with Crippen LogP contribution >= 0.6 is 0 Å². The molecule has 0 saturated carbocycles. The van der Waals surface area contributed by atoms with Gasteiger partial charge in [0.25, 0.3) is 5.95 Å². The Bertz CT molecular complexity index is 518. The van der Waals surface area contributed by atoms with Crippen molar-refractivity contribution in [2.45, 2.75) is 6.54 Å². The van der Waals surface area contributed by atoms with E-state index in [9.17, 15) is 13.2 Å². The van der Waals surface area contributed by atoms with Crippen molar-refractivity contribution in [3.05, 3.63) is 47.7 Å². The van der Waals surface area contributed by atoms with Crippen LogP contribution in [0, 0.1) is 17.6 Å². The third kappa shape index (κ3) is 2.68. The topological polar surface area (TPSA) is 50.7 Å².